The molecule has 180 valence electrons. The molecule has 4 aromatic rings. The average molecular weight is 472 g/mol. The Balaban J connectivity index is 1.40. The summed E-state index contributed by atoms with van der Waals surface area (Å²) in [6.45, 7) is 3.14. The molecular formula is C27H29N5O3. The van der Waals surface area contributed by atoms with E-state index in [1.54, 1.807) is 17.1 Å². The minimum absolute atomic E-state index is 0.103. The van der Waals surface area contributed by atoms with E-state index < -0.39 is 6.10 Å². The molecule has 2 aliphatic rings. The van der Waals surface area contributed by atoms with E-state index in [0.717, 1.165) is 79.8 Å². The summed E-state index contributed by atoms with van der Waals surface area (Å²) in [5.74, 6) is 0.955. The number of hydrogen-bond acceptors (Lipinski definition) is 7. The highest BCUT2D eigenvalue weighted by molar-refractivity contribution is 6.04. The molecule has 0 amide bonds. The minimum Gasteiger partial charge on any atom is -0.391 e. The standard InChI is InChI=1S/C27H29N5O3/c33-23-6-2-1-5-22(23)32-17-30-26-20-4-3-9-28-25(20)19(15-21(26)27(32)34)14-18-7-8-24(29-16-18)31-10-12-35-13-11-31/h3-4,7-9,15-17,22-23,33H,1-2,5-6,10-14H2/t22-,23-/m0/s1. The van der Waals surface area contributed by atoms with Gasteiger partial charge in [0.15, 0.2) is 0 Å². The van der Waals surface area contributed by atoms with E-state index in [-0.39, 0.29) is 11.6 Å². The number of rotatable bonds is 4. The number of anilines is 1. The Kier molecular flexibility index (Phi) is 5.91. The van der Waals surface area contributed by atoms with E-state index in [0.29, 0.717) is 17.3 Å². The molecule has 35 heavy (non-hydrogen) atoms. The lowest BCUT2D eigenvalue weighted by molar-refractivity contribution is 0.0735. The van der Waals surface area contributed by atoms with Gasteiger partial charge in [-0.15, -0.1) is 0 Å². The van der Waals surface area contributed by atoms with Gasteiger partial charge in [0.05, 0.1) is 48.1 Å². The molecule has 1 aliphatic carbocycles. The van der Waals surface area contributed by atoms with Crippen molar-refractivity contribution in [1.82, 2.24) is 19.5 Å². The minimum atomic E-state index is -0.515. The highest BCUT2D eigenvalue weighted by Crippen LogP contribution is 2.30. The molecule has 6 rings (SSSR count). The maximum absolute atomic E-state index is 13.6. The molecule has 8 heteroatoms. The Morgan fingerprint density at radius 1 is 1.00 bits per heavy atom. The second-order valence-corrected chi connectivity index (χ2v) is 9.51. The van der Waals surface area contributed by atoms with Crippen molar-refractivity contribution < 1.29 is 9.84 Å². The van der Waals surface area contributed by atoms with Crippen molar-refractivity contribution >= 4 is 27.6 Å². The number of benzene rings is 1. The van der Waals surface area contributed by atoms with Gasteiger partial charge in [-0.25, -0.2) is 9.97 Å². The number of pyridine rings is 2. The fourth-order valence-electron chi connectivity index (χ4n) is 5.43. The van der Waals surface area contributed by atoms with Gasteiger partial charge in [-0.2, -0.15) is 0 Å². The summed E-state index contributed by atoms with van der Waals surface area (Å²) in [5.41, 5.74) is 3.42. The van der Waals surface area contributed by atoms with Gasteiger partial charge in [-0.1, -0.05) is 18.9 Å². The zero-order valence-corrected chi connectivity index (χ0v) is 19.6. The van der Waals surface area contributed by atoms with Gasteiger partial charge >= 0.3 is 0 Å². The zero-order chi connectivity index (χ0) is 23.8. The summed E-state index contributed by atoms with van der Waals surface area (Å²) in [5, 5.41) is 12.0. The van der Waals surface area contributed by atoms with Crippen LogP contribution in [-0.2, 0) is 11.2 Å². The zero-order valence-electron chi connectivity index (χ0n) is 19.6. The SMILES string of the molecule is O=c1c2cc(Cc3ccc(N4CCOCC4)nc3)c3ncccc3c2ncn1[C@H]1CCCC[C@@H]1O. The third-order valence-corrected chi connectivity index (χ3v) is 7.31. The van der Waals surface area contributed by atoms with Crippen LogP contribution in [0.4, 0.5) is 5.82 Å². The monoisotopic (exact) mass is 471 g/mol. The van der Waals surface area contributed by atoms with E-state index >= 15 is 0 Å². The van der Waals surface area contributed by atoms with Crippen LogP contribution in [0.1, 0.15) is 42.9 Å². The predicted molar refractivity (Wildman–Crippen MR) is 135 cm³/mol. The fourth-order valence-corrected chi connectivity index (χ4v) is 5.43. The molecule has 8 nitrogen and oxygen atoms in total. The molecule has 2 fully saturated rings. The Hall–Kier alpha value is -3.36. The van der Waals surface area contributed by atoms with Crippen LogP contribution in [0, 0.1) is 0 Å². The molecule has 0 spiro atoms. The normalized spacial score (nSPS) is 21.0. The van der Waals surface area contributed by atoms with Crippen LogP contribution in [0.25, 0.3) is 21.8 Å². The lowest BCUT2D eigenvalue weighted by atomic mass is 9.92. The molecule has 3 aromatic heterocycles. The lowest BCUT2D eigenvalue weighted by Gasteiger charge is -2.29. The van der Waals surface area contributed by atoms with Crippen LogP contribution < -0.4 is 10.5 Å². The van der Waals surface area contributed by atoms with Crippen molar-refractivity contribution in [3.63, 3.8) is 0 Å². The van der Waals surface area contributed by atoms with Crippen LogP contribution in [0.3, 0.4) is 0 Å². The highest BCUT2D eigenvalue weighted by Gasteiger charge is 2.26. The van der Waals surface area contributed by atoms with E-state index in [4.69, 9.17) is 4.74 Å². The largest absolute Gasteiger partial charge is 0.391 e. The molecule has 0 bridgehead atoms. The molecule has 1 saturated carbocycles. The highest BCUT2D eigenvalue weighted by atomic mass is 16.5. The summed E-state index contributed by atoms with van der Waals surface area (Å²) < 4.78 is 7.08. The Morgan fingerprint density at radius 2 is 1.86 bits per heavy atom. The van der Waals surface area contributed by atoms with Crippen LogP contribution in [0.2, 0.25) is 0 Å². The van der Waals surface area contributed by atoms with Crippen molar-refractivity contribution in [3.8, 4) is 0 Å². The number of nitrogens with zero attached hydrogens (tertiary/aromatic N) is 5. The smallest absolute Gasteiger partial charge is 0.261 e. The predicted octanol–water partition coefficient (Wildman–Crippen LogP) is 3.24. The van der Waals surface area contributed by atoms with E-state index in [2.05, 4.69) is 32.0 Å². The quantitative estimate of drug-likeness (QED) is 0.457. The molecule has 1 N–H and O–H groups in total. The lowest BCUT2D eigenvalue weighted by Crippen LogP contribution is -2.36. The topological polar surface area (TPSA) is 93.4 Å². The number of ether oxygens (including phenoxy) is 1. The molecule has 2 atom stereocenters. The van der Waals surface area contributed by atoms with Crippen molar-refractivity contribution in [1.29, 1.82) is 0 Å². The first-order valence-corrected chi connectivity index (χ1v) is 12.4. The van der Waals surface area contributed by atoms with Gasteiger partial charge in [0, 0.05) is 37.3 Å². The number of hydrogen-bond donors (Lipinski definition) is 1. The first kappa shape index (κ1) is 22.1. The first-order chi connectivity index (χ1) is 17.2. The van der Waals surface area contributed by atoms with Crippen LogP contribution in [0.15, 0.2) is 53.8 Å². The fraction of sp³-hybridized carbons (Fsp3) is 0.407. The average Bonchev–Trinajstić information content (AvgIpc) is 2.91. The molecule has 4 heterocycles. The molecule has 1 aliphatic heterocycles. The molecule has 1 aromatic carbocycles. The second kappa shape index (κ2) is 9.36. The van der Waals surface area contributed by atoms with E-state index in [1.165, 1.54) is 0 Å². The van der Waals surface area contributed by atoms with Crippen LogP contribution >= 0.6 is 0 Å². The number of aliphatic hydroxyl groups excluding tert-OH is 1. The first-order valence-electron chi connectivity index (χ1n) is 12.4. The van der Waals surface area contributed by atoms with Gasteiger partial charge in [0.2, 0.25) is 0 Å². The number of morpholine rings is 1. The summed E-state index contributed by atoms with van der Waals surface area (Å²) in [7, 11) is 0. The summed E-state index contributed by atoms with van der Waals surface area (Å²) in [6.07, 6.45) is 8.88. The molecule has 1 saturated heterocycles. The molecule has 0 unspecified atom stereocenters. The van der Waals surface area contributed by atoms with E-state index in [1.807, 2.05) is 24.4 Å². The van der Waals surface area contributed by atoms with Gasteiger partial charge < -0.3 is 14.7 Å². The van der Waals surface area contributed by atoms with E-state index in [9.17, 15) is 9.90 Å². The summed E-state index contributed by atoms with van der Waals surface area (Å²) in [6, 6.07) is 9.70. The number of aromatic nitrogens is 4. The molecule has 0 radical (unpaired) electrons. The van der Waals surface area contributed by atoms with Crippen molar-refractivity contribution in [3.05, 3.63) is 70.5 Å². The van der Waals surface area contributed by atoms with Crippen LogP contribution in [-0.4, -0.2) is 57.0 Å². The van der Waals surface area contributed by atoms with Crippen LogP contribution in [0.5, 0.6) is 0 Å². The maximum atomic E-state index is 13.6. The van der Waals surface area contributed by atoms with Crippen molar-refractivity contribution in [2.45, 2.75) is 44.2 Å². The summed E-state index contributed by atoms with van der Waals surface area (Å²) >= 11 is 0. The Bertz CT molecular complexity index is 1410. The maximum Gasteiger partial charge on any atom is 0.261 e. The number of aliphatic hydroxyl groups is 1. The summed E-state index contributed by atoms with van der Waals surface area (Å²) in [4.78, 5) is 29.8. The molecular weight excluding hydrogens is 442 g/mol. The van der Waals surface area contributed by atoms with Crippen molar-refractivity contribution in [2.24, 2.45) is 0 Å². The second-order valence-electron chi connectivity index (χ2n) is 9.51. The third-order valence-electron chi connectivity index (χ3n) is 7.31. The van der Waals surface area contributed by atoms with Gasteiger partial charge in [-0.05, 0) is 48.2 Å². The number of fused-ring (bicyclic) bond motifs is 3. The van der Waals surface area contributed by atoms with Gasteiger partial charge in [0.25, 0.3) is 5.56 Å². The van der Waals surface area contributed by atoms with Gasteiger partial charge in [0.1, 0.15) is 5.82 Å². The van der Waals surface area contributed by atoms with Gasteiger partial charge in [-0.3, -0.25) is 14.3 Å². The van der Waals surface area contributed by atoms with Crippen molar-refractivity contribution in [2.75, 3.05) is 31.2 Å². The Labute approximate surface area is 203 Å². The third kappa shape index (κ3) is 4.17. The Morgan fingerprint density at radius 3 is 2.66 bits per heavy atom.